The van der Waals surface area contributed by atoms with Gasteiger partial charge in [-0.25, -0.2) is 4.99 Å². The van der Waals surface area contributed by atoms with E-state index in [1.807, 2.05) is 11.7 Å². The maximum atomic E-state index is 5.45. The fourth-order valence-electron chi connectivity index (χ4n) is 4.04. The Balaban J connectivity index is 1.60. The number of benzene rings is 1. The molecule has 7 heteroatoms. The molecule has 0 spiro atoms. The molecule has 3 rings (SSSR count). The number of nitrogens with one attached hydrogen (secondary N) is 2. The lowest BCUT2D eigenvalue weighted by Crippen LogP contribution is -2.43. The van der Waals surface area contributed by atoms with Crippen LogP contribution in [-0.2, 0) is 31.3 Å². The van der Waals surface area contributed by atoms with Gasteiger partial charge in [-0.05, 0) is 50.8 Å². The molecule has 2 N–H and O–H groups in total. The second-order valence-electron chi connectivity index (χ2n) is 8.43. The Hall–Kier alpha value is -2.38. The van der Waals surface area contributed by atoms with Gasteiger partial charge in [0.2, 0.25) is 0 Å². The fourth-order valence-corrected chi connectivity index (χ4v) is 4.04. The first-order valence-corrected chi connectivity index (χ1v) is 11.4. The zero-order valence-electron chi connectivity index (χ0n) is 19.7. The summed E-state index contributed by atoms with van der Waals surface area (Å²) in [4.78, 5) is 7.29. The van der Waals surface area contributed by atoms with Crippen LogP contribution >= 0.6 is 0 Å². The Morgan fingerprint density at radius 2 is 1.97 bits per heavy atom. The number of aromatic nitrogens is 2. The van der Waals surface area contributed by atoms with Gasteiger partial charge >= 0.3 is 0 Å². The lowest BCUT2D eigenvalue weighted by atomic mass is 10.1. The largest absolute Gasteiger partial charge is 0.379 e. The van der Waals surface area contributed by atoms with E-state index in [2.05, 4.69) is 72.6 Å². The van der Waals surface area contributed by atoms with Gasteiger partial charge in [0.25, 0.3) is 0 Å². The van der Waals surface area contributed by atoms with Crippen LogP contribution in [0.25, 0.3) is 0 Å². The van der Waals surface area contributed by atoms with Crippen LogP contribution in [0.1, 0.15) is 41.9 Å². The van der Waals surface area contributed by atoms with Crippen molar-refractivity contribution in [1.82, 2.24) is 25.3 Å². The maximum absolute atomic E-state index is 5.45. The van der Waals surface area contributed by atoms with Crippen molar-refractivity contribution in [1.29, 1.82) is 0 Å². The smallest absolute Gasteiger partial charge is 0.191 e. The molecular weight excluding hydrogens is 388 g/mol. The van der Waals surface area contributed by atoms with Crippen molar-refractivity contribution in [3.05, 3.63) is 52.3 Å². The highest BCUT2D eigenvalue weighted by Gasteiger charge is 2.14. The molecule has 1 unspecified atom stereocenters. The SMILES string of the molecule is CCNC(=NCc1cccc(CN2CCOCC2)c1)NC(C)Cc1c(C)nn(C)c1C. The lowest BCUT2D eigenvalue weighted by molar-refractivity contribution is 0.0342. The molecule has 1 aromatic heterocycles. The number of guanidine groups is 1. The molecule has 0 amide bonds. The van der Waals surface area contributed by atoms with E-state index in [1.54, 1.807) is 0 Å². The first-order valence-electron chi connectivity index (χ1n) is 11.4. The van der Waals surface area contributed by atoms with Gasteiger partial charge in [0.1, 0.15) is 0 Å². The monoisotopic (exact) mass is 426 g/mol. The second-order valence-corrected chi connectivity index (χ2v) is 8.43. The van der Waals surface area contributed by atoms with Crippen molar-refractivity contribution in [3.63, 3.8) is 0 Å². The highest BCUT2D eigenvalue weighted by molar-refractivity contribution is 5.80. The van der Waals surface area contributed by atoms with Gasteiger partial charge in [-0.2, -0.15) is 5.10 Å². The van der Waals surface area contributed by atoms with Crippen LogP contribution in [0, 0.1) is 13.8 Å². The molecule has 1 fully saturated rings. The van der Waals surface area contributed by atoms with Crippen molar-refractivity contribution >= 4 is 5.96 Å². The summed E-state index contributed by atoms with van der Waals surface area (Å²) in [5, 5.41) is 11.5. The number of hydrogen-bond acceptors (Lipinski definition) is 4. The average molecular weight is 427 g/mol. The number of aliphatic imine (C=N–C) groups is 1. The third-order valence-electron chi connectivity index (χ3n) is 5.82. The molecule has 1 saturated heterocycles. The van der Waals surface area contributed by atoms with E-state index in [4.69, 9.17) is 9.73 Å². The molecule has 0 bridgehead atoms. The third kappa shape index (κ3) is 6.80. The Bertz CT molecular complexity index is 869. The normalized spacial score (nSPS) is 16.4. The van der Waals surface area contributed by atoms with E-state index in [0.717, 1.165) is 57.5 Å². The predicted molar refractivity (Wildman–Crippen MR) is 126 cm³/mol. The third-order valence-corrected chi connectivity index (χ3v) is 5.82. The molecule has 0 saturated carbocycles. The number of nitrogens with zero attached hydrogens (tertiary/aromatic N) is 4. The van der Waals surface area contributed by atoms with Crippen molar-refractivity contribution < 1.29 is 4.74 Å². The van der Waals surface area contributed by atoms with E-state index in [1.165, 1.54) is 22.4 Å². The predicted octanol–water partition coefficient (Wildman–Crippen LogP) is 2.56. The van der Waals surface area contributed by atoms with Crippen molar-refractivity contribution in [2.24, 2.45) is 12.0 Å². The average Bonchev–Trinajstić information content (AvgIpc) is 2.99. The Morgan fingerprint density at radius 3 is 2.65 bits per heavy atom. The van der Waals surface area contributed by atoms with Crippen molar-refractivity contribution in [3.8, 4) is 0 Å². The van der Waals surface area contributed by atoms with Gasteiger partial charge < -0.3 is 15.4 Å². The molecule has 0 radical (unpaired) electrons. The van der Waals surface area contributed by atoms with Crippen LogP contribution in [0.4, 0.5) is 0 Å². The summed E-state index contributed by atoms with van der Waals surface area (Å²) in [5.41, 5.74) is 6.21. The van der Waals surface area contributed by atoms with E-state index in [0.29, 0.717) is 6.54 Å². The molecular formula is C24H38N6O. The van der Waals surface area contributed by atoms with Crippen LogP contribution in [0.2, 0.25) is 0 Å². The van der Waals surface area contributed by atoms with Crippen molar-refractivity contribution in [2.45, 2.75) is 53.2 Å². The maximum Gasteiger partial charge on any atom is 0.191 e. The molecule has 170 valence electrons. The minimum atomic E-state index is 0.257. The zero-order valence-corrected chi connectivity index (χ0v) is 19.7. The topological polar surface area (TPSA) is 66.7 Å². The molecule has 2 aromatic rings. The summed E-state index contributed by atoms with van der Waals surface area (Å²) in [5.74, 6) is 0.854. The van der Waals surface area contributed by atoms with Crippen molar-refractivity contribution in [2.75, 3.05) is 32.8 Å². The summed E-state index contributed by atoms with van der Waals surface area (Å²) in [7, 11) is 2.00. The minimum absolute atomic E-state index is 0.257. The molecule has 0 aliphatic carbocycles. The summed E-state index contributed by atoms with van der Waals surface area (Å²) < 4.78 is 7.41. The molecule has 1 atom stereocenters. The molecule has 1 aromatic carbocycles. The first-order chi connectivity index (χ1) is 15.0. The van der Waals surface area contributed by atoms with Crippen LogP contribution in [-0.4, -0.2) is 59.5 Å². The molecule has 2 heterocycles. The van der Waals surface area contributed by atoms with Gasteiger partial charge in [-0.3, -0.25) is 9.58 Å². The van der Waals surface area contributed by atoms with Gasteiger partial charge in [-0.1, -0.05) is 24.3 Å². The molecule has 1 aliphatic rings. The second kappa shape index (κ2) is 11.3. The fraction of sp³-hybridized carbons (Fsp3) is 0.583. The van der Waals surface area contributed by atoms with E-state index >= 15 is 0 Å². The zero-order chi connectivity index (χ0) is 22.2. The van der Waals surface area contributed by atoms with Gasteiger partial charge in [0.05, 0.1) is 25.5 Å². The summed E-state index contributed by atoms with van der Waals surface area (Å²) in [6, 6.07) is 9.02. The lowest BCUT2D eigenvalue weighted by Gasteiger charge is -2.26. The summed E-state index contributed by atoms with van der Waals surface area (Å²) >= 11 is 0. The van der Waals surface area contributed by atoms with Crippen LogP contribution in [0.15, 0.2) is 29.3 Å². The van der Waals surface area contributed by atoms with Crippen LogP contribution < -0.4 is 10.6 Å². The first kappa shape index (κ1) is 23.3. The Labute approximate surface area is 186 Å². The molecule has 31 heavy (non-hydrogen) atoms. The van der Waals surface area contributed by atoms with Gasteiger partial charge in [0, 0.05) is 45.0 Å². The number of rotatable bonds is 8. The molecule has 7 nitrogen and oxygen atoms in total. The van der Waals surface area contributed by atoms with Gasteiger partial charge in [0.15, 0.2) is 5.96 Å². The number of morpholine rings is 1. The highest BCUT2D eigenvalue weighted by atomic mass is 16.5. The number of hydrogen-bond donors (Lipinski definition) is 2. The van der Waals surface area contributed by atoms with E-state index in [9.17, 15) is 0 Å². The van der Waals surface area contributed by atoms with E-state index < -0.39 is 0 Å². The Kier molecular flexibility index (Phi) is 8.49. The standard InChI is InChI=1S/C24H38N6O/c1-6-25-24(27-18(2)14-23-19(3)28-29(5)20(23)4)26-16-21-8-7-9-22(15-21)17-30-10-12-31-13-11-30/h7-9,15,18H,6,10-14,16-17H2,1-5H3,(H2,25,26,27). The van der Waals surface area contributed by atoms with E-state index in [-0.39, 0.29) is 6.04 Å². The van der Waals surface area contributed by atoms with Gasteiger partial charge in [-0.15, -0.1) is 0 Å². The quantitative estimate of drug-likeness (QED) is 0.502. The van der Waals surface area contributed by atoms with Crippen LogP contribution in [0.5, 0.6) is 0 Å². The summed E-state index contributed by atoms with van der Waals surface area (Å²) in [6.07, 6.45) is 0.922. The minimum Gasteiger partial charge on any atom is -0.379 e. The number of ether oxygens (including phenoxy) is 1. The van der Waals surface area contributed by atoms with Crippen LogP contribution in [0.3, 0.4) is 0 Å². The Morgan fingerprint density at radius 1 is 1.23 bits per heavy atom. The molecule has 1 aliphatic heterocycles. The number of aryl methyl sites for hydroxylation is 2. The highest BCUT2D eigenvalue weighted by Crippen LogP contribution is 2.14. The summed E-state index contributed by atoms with van der Waals surface area (Å²) in [6.45, 7) is 14.6.